The van der Waals surface area contributed by atoms with E-state index in [-0.39, 0.29) is 30.4 Å². The summed E-state index contributed by atoms with van der Waals surface area (Å²) in [5.41, 5.74) is 12.9. The summed E-state index contributed by atoms with van der Waals surface area (Å²) >= 11 is 0. The molecule has 0 aliphatic carbocycles. The highest BCUT2D eigenvalue weighted by molar-refractivity contribution is 5.96. The van der Waals surface area contributed by atoms with Gasteiger partial charge < -0.3 is 31.6 Å². The predicted molar refractivity (Wildman–Crippen MR) is 141 cm³/mol. The van der Waals surface area contributed by atoms with Gasteiger partial charge in [0.15, 0.2) is 0 Å². The molecule has 9 nitrogen and oxygen atoms in total. The van der Waals surface area contributed by atoms with Crippen LogP contribution >= 0.6 is 0 Å². The number of ether oxygens (including phenoxy) is 2. The summed E-state index contributed by atoms with van der Waals surface area (Å²) in [5.74, 6) is -2.91. The first-order valence-corrected chi connectivity index (χ1v) is 12.7. The largest absolute Gasteiger partial charge is 0.447 e. The number of hydrogen-bond donors (Lipinski definition) is 4. The van der Waals surface area contributed by atoms with E-state index in [1.807, 2.05) is 0 Å². The summed E-state index contributed by atoms with van der Waals surface area (Å²) < 4.78 is 52.8. The number of nitrogens with one attached hydrogen (secondary N) is 2. The van der Waals surface area contributed by atoms with E-state index in [1.165, 1.54) is 54.7 Å². The number of rotatable bonds is 10. The molecule has 2 heterocycles. The second-order valence-corrected chi connectivity index (χ2v) is 9.45. The van der Waals surface area contributed by atoms with E-state index in [0.717, 1.165) is 6.20 Å². The third kappa shape index (κ3) is 7.56. The molecule has 3 atom stereocenters. The number of morpholine rings is 1. The van der Waals surface area contributed by atoms with Gasteiger partial charge in [0.05, 0.1) is 30.2 Å². The quantitative estimate of drug-likeness (QED) is 0.300. The van der Waals surface area contributed by atoms with Crippen molar-refractivity contribution in [2.75, 3.05) is 25.0 Å². The molecule has 0 spiro atoms. The predicted octanol–water partition coefficient (Wildman–Crippen LogP) is 2.98. The highest BCUT2D eigenvalue weighted by Crippen LogP contribution is 2.29. The molecule has 40 heavy (non-hydrogen) atoms. The van der Waals surface area contributed by atoms with Gasteiger partial charge in [-0.15, -0.1) is 0 Å². The number of aromatic nitrogens is 1. The normalized spacial score (nSPS) is 17.8. The van der Waals surface area contributed by atoms with Crippen LogP contribution in [-0.4, -0.2) is 54.9 Å². The number of carbonyl (C=O) groups is 2. The van der Waals surface area contributed by atoms with E-state index in [0.29, 0.717) is 30.6 Å². The Labute approximate surface area is 229 Å². The molecule has 212 valence electrons. The average Bonchev–Trinajstić information content (AvgIpc) is 2.94. The zero-order chi connectivity index (χ0) is 28.6. The fourth-order valence-corrected chi connectivity index (χ4v) is 4.66. The second kappa shape index (κ2) is 13.4. The third-order valence-corrected chi connectivity index (χ3v) is 6.64. The van der Waals surface area contributed by atoms with Crippen molar-refractivity contribution in [3.05, 3.63) is 95.1 Å². The van der Waals surface area contributed by atoms with E-state index in [4.69, 9.17) is 20.9 Å². The molecule has 1 aliphatic rings. The van der Waals surface area contributed by atoms with Gasteiger partial charge in [0.2, 0.25) is 5.91 Å². The molecule has 6 N–H and O–H groups in total. The Morgan fingerprint density at radius 3 is 2.20 bits per heavy atom. The fourth-order valence-electron chi connectivity index (χ4n) is 4.66. The molecule has 1 fully saturated rings. The molecule has 1 aromatic heterocycles. The van der Waals surface area contributed by atoms with Crippen molar-refractivity contribution >= 4 is 17.7 Å². The minimum absolute atomic E-state index is 0.00900. The van der Waals surface area contributed by atoms with Gasteiger partial charge >= 0.3 is 6.09 Å². The van der Waals surface area contributed by atoms with Crippen LogP contribution in [0.1, 0.15) is 29.0 Å². The topological polar surface area (TPSA) is 142 Å². The van der Waals surface area contributed by atoms with Gasteiger partial charge in [-0.2, -0.15) is 0 Å². The lowest BCUT2D eigenvalue weighted by Gasteiger charge is -2.30. The van der Waals surface area contributed by atoms with Gasteiger partial charge in [-0.1, -0.05) is 24.3 Å². The van der Waals surface area contributed by atoms with Crippen LogP contribution in [0.3, 0.4) is 0 Å². The maximum atomic E-state index is 14.9. The number of amides is 2. The minimum atomic E-state index is -1.19. The van der Waals surface area contributed by atoms with E-state index < -0.39 is 47.5 Å². The monoisotopic (exact) mass is 557 g/mol. The number of pyridine rings is 1. The van der Waals surface area contributed by atoms with Gasteiger partial charge in [0, 0.05) is 24.6 Å². The maximum absolute atomic E-state index is 14.9. The minimum Gasteiger partial charge on any atom is -0.447 e. The van der Waals surface area contributed by atoms with Gasteiger partial charge in [0.1, 0.15) is 30.2 Å². The molecular weight excluding hydrogens is 527 g/mol. The second-order valence-electron chi connectivity index (χ2n) is 9.45. The summed E-state index contributed by atoms with van der Waals surface area (Å²) in [6, 6.07) is 9.82. The SMILES string of the molecule is NC(=O)OC[C@@H]1CNC[C@@H](CCc2c(F)cncc2NC(=O)[C@@H](N)C(c2ccc(F)cc2)c2ccc(F)cc2)O1. The fraction of sp³-hybridized carbons (Fsp3) is 0.321. The summed E-state index contributed by atoms with van der Waals surface area (Å²) in [7, 11) is 0. The van der Waals surface area contributed by atoms with Gasteiger partial charge in [0.25, 0.3) is 0 Å². The molecule has 0 unspecified atom stereocenters. The molecule has 2 aromatic carbocycles. The lowest BCUT2D eigenvalue weighted by atomic mass is 9.85. The number of anilines is 1. The first-order chi connectivity index (χ1) is 19.2. The highest BCUT2D eigenvalue weighted by Gasteiger charge is 2.29. The number of primary amides is 1. The van der Waals surface area contributed by atoms with Crippen LogP contribution < -0.4 is 22.1 Å². The zero-order valence-corrected chi connectivity index (χ0v) is 21.5. The van der Waals surface area contributed by atoms with Crippen LogP contribution in [-0.2, 0) is 20.7 Å². The van der Waals surface area contributed by atoms with Gasteiger partial charge in [-0.05, 0) is 48.2 Å². The lowest BCUT2D eigenvalue weighted by molar-refractivity contribution is -0.117. The summed E-state index contributed by atoms with van der Waals surface area (Å²) in [6.07, 6.45) is 1.36. The van der Waals surface area contributed by atoms with Crippen LogP contribution in [0.4, 0.5) is 23.7 Å². The van der Waals surface area contributed by atoms with Crippen LogP contribution in [0.15, 0.2) is 60.9 Å². The number of carbonyl (C=O) groups excluding carboxylic acids is 2. The molecular formula is C28H30F3N5O4. The first-order valence-electron chi connectivity index (χ1n) is 12.7. The van der Waals surface area contributed by atoms with E-state index in [1.54, 1.807) is 0 Å². The van der Waals surface area contributed by atoms with Crippen molar-refractivity contribution in [2.45, 2.75) is 37.0 Å². The number of benzene rings is 2. The molecule has 0 radical (unpaired) electrons. The van der Waals surface area contributed by atoms with Crippen molar-refractivity contribution in [1.82, 2.24) is 10.3 Å². The number of nitrogens with two attached hydrogens (primary N) is 2. The van der Waals surface area contributed by atoms with Crippen molar-refractivity contribution < 1.29 is 32.2 Å². The van der Waals surface area contributed by atoms with E-state index in [9.17, 15) is 22.8 Å². The van der Waals surface area contributed by atoms with Crippen molar-refractivity contribution in [2.24, 2.45) is 11.5 Å². The Kier molecular flexibility index (Phi) is 9.70. The van der Waals surface area contributed by atoms with E-state index >= 15 is 0 Å². The number of hydrogen-bond acceptors (Lipinski definition) is 7. The first kappa shape index (κ1) is 29.0. The van der Waals surface area contributed by atoms with Crippen LogP contribution in [0, 0.1) is 17.5 Å². The average molecular weight is 558 g/mol. The Bertz CT molecular complexity index is 1260. The smallest absolute Gasteiger partial charge is 0.404 e. The summed E-state index contributed by atoms with van der Waals surface area (Å²) in [5, 5.41) is 5.86. The van der Waals surface area contributed by atoms with Gasteiger partial charge in [-0.3, -0.25) is 9.78 Å². The molecule has 12 heteroatoms. The summed E-state index contributed by atoms with van der Waals surface area (Å²) in [6.45, 7) is 0.962. The Morgan fingerprint density at radius 1 is 1.00 bits per heavy atom. The van der Waals surface area contributed by atoms with Crippen LogP contribution in [0.25, 0.3) is 0 Å². The lowest BCUT2D eigenvalue weighted by Crippen LogP contribution is -2.47. The Balaban J connectivity index is 1.48. The van der Waals surface area contributed by atoms with Crippen molar-refractivity contribution in [1.29, 1.82) is 0 Å². The Hall–Kier alpha value is -4.00. The summed E-state index contributed by atoms with van der Waals surface area (Å²) in [4.78, 5) is 28.1. The zero-order valence-electron chi connectivity index (χ0n) is 21.5. The molecule has 4 rings (SSSR count). The molecule has 0 bridgehead atoms. The van der Waals surface area contributed by atoms with Crippen LogP contribution in [0.2, 0.25) is 0 Å². The molecule has 3 aromatic rings. The molecule has 1 saturated heterocycles. The van der Waals surface area contributed by atoms with Gasteiger partial charge in [-0.25, -0.2) is 18.0 Å². The number of nitrogens with zero attached hydrogens (tertiary/aromatic N) is 1. The molecule has 0 saturated carbocycles. The van der Waals surface area contributed by atoms with Crippen molar-refractivity contribution in [3.63, 3.8) is 0 Å². The van der Waals surface area contributed by atoms with E-state index in [2.05, 4.69) is 15.6 Å². The molecule has 2 amide bonds. The highest BCUT2D eigenvalue weighted by atomic mass is 19.1. The van der Waals surface area contributed by atoms with Crippen molar-refractivity contribution in [3.8, 4) is 0 Å². The number of halogens is 3. The molecule has 1 aliphatic heterocycles. The standard InChI is InChI=1S/C28H30F3N5O4/c29-18-5-1-16(2-6-18)25(17-3-7-19(30)8-4-17)26(32)27(37)36-24-14-35-13-23(31)22(24)10-9-20-11-34-12-21(40-20)15-39-28(33)38/h1-8,13-14,20-21,25-26,34H,9-12,15,32H2,(H2,33,38)(H,36,37)/t20-,21+,26+/m1/s1. The Morgan fingerprint density at radius 2 is 1.60 bits per heavy atom. The van der Waals surface area contributed by atoms with Crippen LogP contribution in [0.5, 0.6) is 0 Å². The third-order valence-electron chi connectivity index (χ3n) is 6.64. The maximum Gasteiger partial charge on any atom is 0.404 e.